The molecule has 2 atom stereocenters. The third kappa shape index (κ3) is 2.25. The third-order valence-electron chi connectivity index (χ3n) is 1.04. The number of halogens is 7. The van der Waals surface area contributed by atoms with E-state index >= 15 is 0 Å². The van der Waals surface area contributed by atoms with E-state index in [0.717, 1.165) is 0 Å². The average molecular weight is 197 g/mol. The number of alkyl halides is 7. The van der Waals surface area contributed by atoms with Crippen LogP contribution in [0.2, 0.25) is 0 Å². The molecule has 0 aromatic carbocycles. The van der Waals surface area contributed by atoms with Gasteiger partial charge in [0, 0.05) is 0 Å². The zero-order valence-corrected chi connectivity index (χ0v) is 5.51. The van der Waals surface area contributed by atoms with Crippen molar-refractivity contribution in [2.75, 3.05) is 0 Å². The quantitative estimate of drug-likeness (QED) is 0.597. The second-order valence-electron chi connectivity index (χ2n) is 2.05. The minimum Gasteiger partial charge on any atom is -0.241 e. The van der Waals surface area contributed by atoms with Crippen LogP contribution in [0.3, 0.4) is 0 Å². The topological polar surface area (TPSA) is 0 Å². The minimum atomic E-state index is -5.77. The molecule has 0 amide bonds. The van der Waals surface area contributed by atoms with Gasteiger partial charge in [-0.3, -0.25) is 0 Å². The first-order valence-electron chi connectivity index (χ1n) is 2.66. The Balaban J connectivity index is 4.57. The van der Waals surface area contributed by atoms with E-state index in [1.165, 1.54) is 0 Å². The summed E-state index contributed by atoms with van der Waals surface area (Å²) in [5, 5.41) is 0. The smallest absolute Gasteiger partial charge is 0.241 e. The molecule has 73 valence electrons. The summed E-state index contributed by atoms with van der Waals surface area (Å²) in [6.07, 6.45) is -13.7. The van der Waals surface area contributed by atoms with Crippen molar-refractivity contribution in [1.29, 1.82) is 0 Å². The first-order valence-corrected chi connectivity index (χ1v) is 2.66. The van der Waals surface area contributed by atoms with Gasteiger partial charge in [0.15, 0.2) is 6.17 Å². The van der Waals surface area contributed by atoms with Crippen LogP contribution < -0.4 is 0 Å². The molecule has 0 spiro atoms. The zero-order valence-electron chi connectivity index (χ0n) is 5.51. The molecule has 0 aromatic heterocycles. The van der Waals surface area contributed by atoms with Crippen molar-refractivity contribution >= 4 is 0 Å². The highest BCUT2D eigenvalue weighted by Gasteiger charge is 2.59. The maximum atomic E-state index is 11.9. The summed E-state index contributed by atoms with van der Waals surface area (Å²) in [7, 11) is 0. The van der Waals surface area contributed by atoms with Crippen molar-refractivity contribution in [3.8, 4) is 0 Å². The molecular formula is C5H4F7. The van der Waals surface area contributed by atoms with Crippen LogP contribution in [-0.4, -0.2) is 24.4 Å². The Morgan fingerprint density at radius 1 is 0.917 bits per heavy atom. The van der Waals surface area contributed by atoms with Gasteiger partial charge in [0.2, 0.25) is 0 Å². The Kier molecular flexibility index (Phi) is 2.97. The van der Waals surface area contributed by atoms with E-state index in [-0.39, 0.29) is 0 Å². The van der Waals surface area contributed by atoms with Crippen molar-refractivity contribution in [2.45, 2.75) is 24.4 Å². The molecule has 12 heavy (non-hydrogen) atoms. The van der Waals surface area contributed by atoms with Gasteiger partial charge in [-0.05, 0) is 6.92 Å². The lowest BCUT2D eigenvalue weighted by molar-refractivity contribution is -0.255. The summed E-state index contributed by atoms with van der Waals surface area (Å²) in [6.45, 7) is 1.99. The van der Waals surface area contributed by atoms with Crippen LogP contribution in [0.15, 0.2) is 0 Å². The van der Waals surface area contributed by atoms with E-state index in [1.54, 1.807) is 0 Å². The molecule has 0 N–H and O–H groups in total. The Morgan fingerprint density at radius 3 is 1.33 bits per heavy atom. The van der Waals surface area contributed by atoms with Crippen LogP contribution in [0.4, 0.5) is 30.7 Å². The molecule has 7 heteroatoms. The predicted molar refractivity (Wildman–Crippen MR) is 26.2 cm³/mol. The first-order chi connectivity index (χ1) is 5.10. The van der Waals surface area contributed by atoms with Crippen LogP contribution >= 0.6 is 0 Å². The normalized spacial score (nSPS) is 19.0. The Bertz CT molecular complexity index is 146. The van der Waals surface area contributed by atoms with Crippen molar-refractivity contribution in [2.24, 2.45) is 0 Å². The van der Waals surface area contributed by atoms with E-state index < -0.39 is 24.4 Å². The van der Waals surface area contributed by atoms with Crippen molar-refractivity contribution in [3.63, 3.8) is 0 Å². The van der Waals surface area contributed by atoms with E-state index in [1.807, 2.05) is 6.92 Å². The molecule has 0 saturated carbocycles. The van der Waals surface area contributed by atoms with E-state index in [0.29, 0.717) is 0 Å². The van der Waals surface area contributed by atoms with Crippen molar-refractivity contribution < 1.29 is 30.7 Å². The molecule has 0 saturated heterocycles. The van der Waals surface area contributed by atoms with Gasteiger partial charge < -0.3 is 0 Å². The molecule has 0 aliphatic rings. The molecule has 0 nitrogen and oxygen atoms in total. The van der Waals surface area contributed by atoms with Gasteiger partial charge in [-0.2, -0.15) is 22.0 Å². The van der Waals surface area contributed by atoms with Crippen LogP contribution in [0, 0.1) is 6.92 Å². The second kappa shape index (κ2) is 3.10. The van der Waals surface area contributed by atoms with Gasteiger partial charge in [-0.15, -0.1) is 0 Å². The second-order valence-corrected chi connectivity index (χ2v) is 2.05. The van der Waals surface area contributed by atoms with Crippen LogP contribution in [0.1, 0.15) is 0 Å². The van der Waals surface area contributed by atoms with Gasteiger partial charge in [-0.25, -0.2) is 8.78 Å². The van der Waals surface area contributed by atoms with Crippen molar-refractivity contribution in [3.05, 3.63) is 6.92 Å². The summed E-state index contributed by atoms with van der Waals surface area (Å²) in [5.41, 5.74) is 0. The molecule has 2 unspecified atom stereocenters. The number of hydrogen-bond acceptors (Lipinski definition) is 0. The SMILES string of the molecule is [CH2]C(F)C(F)(F)C(F)C(F)(F)F. The summed E-state index contributed by atoms with van der Waals surface area (Å²) in [5.74, 6) is -5.13. The van der Waals surface area contributed by atoms with E-state index in [9.17, 15) is 30.7 Å². The van der Waals surface area contributed by atoms with Crippen LogP contribution in [0.5, 0.6) is 0 Å². The Labute approximate surface area is 63.4 Å². The summed E-state index contributed by atoms with van der Waals surface area (Å²) >= 11 is 0. The molecule has 0 bridgehead atoms. The van der Waals surface area contributed by atoms with E-state index in [2.05, 4.69) is 0 Å². The molecule has 0 aliphatic carbocycles. The molecule has 0 heterocycles. The fourth-order valence-corrected chi connectivity index (χ4v) is 0.377. The largest absolute Gasteiger partial charge is 0.425 e. The van der Waals surface area contributed by atoms with Gasteiger partial charge in [-0.1, -0.05) is 0 Å². The van der Waals surface area contributed by atoms with Gasteiger partial charge >= 0.3 is 12.1 Å². The lowest BCUT2D eigenvalue weighted by atomic mass is 10.1. The molecule has 0 fully saturated rings. The minimum absolute atomic E-state index is 1.99. The van der Waals surface area contributed by atoms with Crippen molar-refractivity contribution in [1.82, 2.24) is 0 Å². The lowest BCUT2D eigenvalue weighted by Crippen LogP contribution is -2.47. The maximum absolute atomic E-state index is 11.9. The average Bonchev–Trinajstić information content (AvgIpc) is 1.83. The molecule has 1 radical (unpaired) electrons. The van der Waals surface area contributed by atoms with Gasteiger partial charge in [0.05, 0.1) is 0 Å². The Hall–Kier alpha value is -0.490. The molecular weight excluding hydrogens is 193 g/mol. The van der Waals surface area contributed by atoms with E-state index in [4.69, 9.17) is 0 Å². The van der Waals surface area contributed by atoms with Crippen LogP contribution in [0.25, 0.3) is 0 Å². The standard InChI is InChI=1S/C5H4F7/c1-2(6)4(8,9)3(7)5(10,11)12/h2-3H,1H2. The van der Waals surface area contributed by atoms with Gasteiger partial charge in [0.1, 0.15) is 0 Å². The maximum Gasteiger partial charge on any atom is 0.425 e. The summed E-state index contributed by atoms with van der Waals surface area (Å²) in [4.78, 5) is 0. The number of rotatable bonds is 2. The predicted octanol–water partition coefficient (Wildman–Crippen LogP) is 2.69. The number of hydrogen-bond donors (Lipinski definition) is 0. The monoisotopic (exact) mass is 197 g/mol. The highest BCUT2D eigenvalue weighted by atomic mass is 19.4. The summed E-state index contributed by atoms with van der Waals surface area (Å²) in [6, 6.07) is 0. The summed E-state index contributed by atoms with van der Waals surface area (Å²) < 4.78 is 81.0. The lowest BCUT2D eigenvalue weighted by Gasteiger charge is -2.23. The zero-order chi connectivity index (χ0) is 10.2. The highest BCUT2D eigenvalue weighted by molar-refractivity contribution is 4.90. The fourth-order valence-electron chi connectivity index (χ4n) is 0.377. The van der Waals surface area contributed by atoms with Crippen LogP contribution in [-0.2, 0) is 0 Å². The highest BCUT2D eigenvalue weighted by Crippen LogP contribution is 2.37. The molecule has 0 rings (SSSR count). The fraction of sp³-hybridized carbons (Fsp3) is 0.800. The molecule has 0 aliphatic heterocycles. The first kappa shape index (κ1) is 11.5. The Morgan fingerprint density at radius 2 is 1.25 bits per heavy atom. The van der Waals surface area contributed by atoms with Gasteiger partial charge in [0.25, 0.3) is 6.17 Å². The molecule has 0 aromatic rings. The third-order valence-corrected chi connectivity index (χ3v) is 1.04.